The van der Waals surface area contributed by atoms with Gasteiger partial charge in [-0.15, -0.1) is 0 Å². The van der Waals surface area contributed by atoms with Crippen LogP contribution in [0, 0.1) is 0 Å². The molecule has 5 heteroatoms. The lowest BCUT2D eigenvalue weighted by Gasteiger charge is -2.10. The fraction of sp³-hybridized carbons (Fsp3) is 0.211. The fourth-order valence-electron chi connectivity index (χ4n) is 2.56. The second-order valence-corrected chi connectivity index (χ2v) is 5.63. The third kappa shape index (κ3) is 3.35. The monoisotopic (exact) mass is 321 g/mol. The van der Waals surface area contributed by atoms with Gasteiger partial charge < -0.3 is 10.3 Å². The predicted octanol–water partition coefficient (Wildman–Crippen LogP) is 3.72. The highest BCUT2D eigenvalue weighted by Gasteiger charge is 2.13. The van der Waals surface area contributed by atoms with Gasteiger partial charge in [-0.25, -0.2) is 4.98 Å². The molecule has 0 saturated carbocycles. The third-order valence-corrected chi connectivity index (χ3v) is 3.81. The van der Waals surface area contributed by atoms with E-state index in [4.69, 9.17) is 0 Å². The van der Waals surface area contributed by atoms with Crippen LogP contribution in [0.25, 0.3) is 22.3 Å². The second-order valence-electron chi connectivity index (χ2n) is 5.63. The average molecular weight is 321 g/mol. The average Bonchev–Trinajstić information content (AvgIpc) is 2.60. The van der Waals surface area contributed by atoms with Gasteiger partial charge in [-0.05, 0) is 24.6 Å². The molecule has 0 bridgehead atoms. The number of aromatic amines is 1. The molecule has 1 amide bonds. The minimum Gasteiger partial charge on any atom is -0.325 e. The molecular formula is C19H19N3O2. The van der Waals surface area contributed by atoms with Crippen molar-refractivity contribution in [3.8, 4) is 11.3 Å². The van der Waals surface area contributed by atoms with E-state index in [2.05, 4.69) is 15.3 Å². The van der Waals surface area contributed by atoms with Gasteiger partial charge in [-0.2, -0.15) is 0 Å². The van der Waals surface area contributed by atoms with Crippen LogP contribution in [0.3, 0.4) is 0 Å². The van der Waals surface area contributed by atoms with Crippen molar-refractivity contribution in [2.45, 2.75) is 26.2 Å². The molecule has 0 saturated heterocycles. The summed E-state index contributed by atoms with van der Waals surface area (Å²) in [5, 5.41) is 2.89. The molecule has 0 aliphatic carbocycles. The molecule has 1 heterocycles. The van der Waals surface area contributed by atoms with Gasteiger partial charge in [0, 0.05) is 12.0 Å². The van der Waals surface area contributed by atoms with Gasteiger partial charge >= 0.3 is 0 Å². The number of fused-ring (bicyclic) bond motifs is 1. The van der Waals surface area contributed by atoms with Gasteiger partial charge in [0.15, 0.2) is 0 Å². The largest absolute Gasteiger partial charge is 0.325 e. The summed E-state index contributed by atoms with van der Waals surface area (Å²) in [6.45, 7) is 2.04. The summed E-state index contributed by atoms with van der Waals surface area (Å²) >= 11 is 0. The van der Waals surface area contributed by atoms with Gasteiger partial charge in [-0.3, -0.25) is 9.59 Å². The first-order valence-electron chi connectivity index (χ1n) is 8.07. The van der Waals surface area contributed by atoms with Gasteiger partial charge in [0.1, 0.15) is 5.69 Å². The van der Waals surface area contributed by atoms with Crippen LogP contribution in [0.1, 0.15) is 26.2 Å². The molecule has 0 spiro atoms. The molecular weight excluding hydrogens is 302 g/mol. The van der Waals surface area contributed by atoms with Crippen LogP contribution >= 0.6 is 0 Å². The van der Waals surface area contributed by atoms with E-state index >= 15 is 0 Å². The molecule has 0 aliphatic rings. The number of aromatic nitrogens is 2. The number of carbonyl (C=O) groups is 1. The van der Waals surface area contributed by atoms with Gasteiger partial charge in [0.25, 0.3) is 5.56 Å². The molecule has 24 heavy (non-hydrogen) atoms. The van der Waals surface area contributed by atoms with E-state index < -0.39 is 0 Å². The quantitative estimate of drug-likeness (QED) is 0.752. The zero-order valence-corrected chi connectivity index (χ0v) is 13.5. The minimum absolute atomic E-state index is 0.0542. The molecule has 1 aromatic heterocycles. The second kappa shape index (κ2) is 7.08. The SMILES string of the molecule is CCCCC(=O)Nc1ccccc1-c1nc2ccccc2[nH]c1=O. The maximum absolute atomic E-state index is 12.4. The van der Waals surface area contributed by atoms with Crippen LogP contribution in [0.2, 0.25) is 0 Å². The summed E-state index contributed by atoms with van der Waals surface area (Å²) in [5.41, 5.74) is 2.65. The van der Waals surface area contributed by atoms with E-state index in [1.807, 2.05) is 43.3 Å². The van der Waals surface area contributed by atoms with Crippen LogP contribution in [0.4, 0.5) is 5.69 Å². The minimum atomic E-state index is -0.274. The van der Waals surface area contributed by atoms with Crippen LogP contribution in [0.5, 0.6) is 0 Å². The molecule has 2 N–H and O–H groups in total. The standard InChI is InChI=1S/C19H19N3O2/c1-2-3-12-17(23)20-14-9-5-4-8-13(14)18-19(24)22-16-11-7-6-10-15(16)21-18/h4-11H,2-3,12H2,1H3,(H,20,23)(H,22,24). The Labute approximate surface area is 139 Å². The van der Waals surface area contributed by atoms with Crippen molar-refractivity contribution < 1.29 is 4.79 Å². The van der Waals surface area contributed by atoms with Crippen molar-refractivity contribution in [1.29, 1.82) is 0 Å². The number of hydrogen-bond donors (Lipinski definition) is 2. The number of anilines is 1. The van der Waals surface area contributed by atoms with Crippen molar-refractivity contribution in [3.05, 3.63) is 58.9 Å². The number of H-pyrrole nitrogens is 1. The van der Waals surface area contributed by atoms with E-state index in [9.17, 15) is 9.59 Å². The van der Waals surface area contributed by atoms with Gasteiger partial charge in [-0.1, -0.05) is 43.7 Å². The van der Waals surface area contributed by atoms with E-state index in [-0.39, 0.29) is 11.5 Å². The Kier molecular flexibility index (Phi) is 4.70. The molecule has 122 valence electrons. The number of nitrogens with zero attached hydrogens (tertiary/aromatic N) is 1. The molecule has 0 unspecified atom stereocenters. The summed E-state index contributed by atoms with van der Waals surface area (Å²) in [5.74, 6) is -0.0542. The zero-order valence-electron chi connectivity index (χ0n) is 13.5. The Morgan fingerprint density at radius 1 is 1.12 bits per heavy atom. The van der Waals surface area contributed by atoms with E-state index in [0.29, 0.717) is 34.4 Å². The van der Waals surface area contributed by atoms with Crippen molar-refractivity contribution >= 4 is 22.6 Å². The lowest BCUT2D eigenvalue weighted by atomic mass is 10.1. The Bertz CT molecular complexity index is 931. The summed E-state index contributed by atoms with van der Waals surface area (Å²) in [6, 6.07) is 14.6. The number of benzene rings is 2. The summed E-state index contributed by atoms with van der Waals surface area (Å²) in [7, 11) is 0. The summed E-state index contributed by atoms with van der Waals surface area (Å²) in [6.07, 6.45) is 2.26. The molecule has 0 fully saturated rings. The first kappa shape index (κ1) is 15.9. The number of amides is 1. The predicted molar refractivity (Wildman–Crippen MR) is 96.0 cm³/mol. The number of nitrogens with one attached hydrogen (secondary N) is 2. The van der Waals surface area contributed by atoms with Crippen molar-refractivity contribution in [2.75, 3.05) is 5.32 Å². The third-order valence-electron chi connectivity index (χ3n) is 3.81. The van der Waals surface area contributed by atoms with E-state index in [1.165, 1.54) is 0 Å². The van der Waals surface area contributed by atoms with Gasteiger partial charge in [0.05, 0.1) is 16.7 Å². The van der Waals surface area contributed by atoms with Crippen molar-refractivity contribution in [2.24, 2.45) is 0 Å². The molecule has 3 rings (SSSR count). The lowest BCUT2D eigenvalue weighted by molar-refractivity contribution is -0.116. The maximum atomic E-state index is 12.4. The van der Waals surface area contributed by atoms with Crippen LogP contribution < -0.4 is 10.9 Å². The molecule has 3 aromatic rings. The zero-order chi connectivity index (χ0) is 16.9. The van der Waals surface area contributed by atoms with E-state index in [0.717, 1.165) is 12.8 Å². The van der Waals surface area contributed by atoms with Crippen LogP contribution in [-0.2, 0) is 4.79 Å². The number of carbonyl (C=O) groups excluding carboxylic acids is 1. The Morgan fingerprint density at radius 2 is 1.88 bits per heavy atom. The normalized spacial score (nSPS) is 10.7. The highest BCUT2D eigenvalue weighted by atomic mass is 16.1. The fourth-order valence-corrected chi connectivity index (χ4v) is 2.56. The number of unbranched alkanes of at least 4 members (excludes halogenated alkanes) is 1. The number of hydrogen-bond acceptors (Lipinski definition) is 3. The highest BCUT2D eigenvalue weighted by molar-refractivity contribution is 5.95. The molecule has 0 radical (unpaired) electrons. The Hall–Kier alpha value is -2.95. The first-order chi connectivity index (χ1) is 11.7. The van der Waals surface area contributed by atoms with Crippen molar-refractivity contribution in [3.63, 3.8) is 0 Å². The Balaban J connectivity index is 2.02. The first-order valence-corrected chi connectivity index (χ1v) is 8.07. The topological polar surface area (TPSA) is 74.8 Å². The highest BCUT2D eigenvalue weighted by Crippen LogP contribution is 2.25. The van der Waals surface area contributed by atoms with Gasteiger partial charge in [0.2, 0.25) is 5.91 Å². The molecule has 0 aliphatic heterocycles. The molecule has 0 atom stereocenters. The lowest BCUT2D eigenvalue weighted by Crippen LogP contribution is -2.15. The van der Waals surface area contributed by atoms with Crippen LogP contribution in [-0.4, -0.2) is 15.9 Å². The van der Waals surface area contributed by atoms with Crippen molar-refractivity contribution in [1.82, 2.24) is 9.97 Å². The van der Waals surface area contributed by atoms with Crippen LogP contribution in [0.15, 0.2) is 53.3 Å². The summed E-state index contributed by atoms with van der Waals surface area (Å²) in [4.78, 5) is 31.8. The Morgan fingerprint density at radius 3 is 2.71 bits per heavy atom. The smallest absolute Gasteiger partial charge is 0.275 e. The summed E-state index contributed by atoms with van der Waals surface area (Å²) < 4.78 is 0. The number of para-hydroxylation sites is 3. The maximum Gasteiger partial charge on any atom is 0.275 e. The number of rotatable bonds is 5. The molecule has 2 aromatic carbocycles. The van der Waals surface area contributed by atoms with E-state index in [1.54, 1.807) is 12.1 Å². The molecule has 5 nitrogen and oxygen atoms in total.